The van der Waals surface area contributed by atoms with Crippen LogP contribution in [0.4, 0.5) is 0 Å². The molecule has 3 N–H and O–H groups in total. The Bertz CT molecular complexity index is 1960. The first-order chi connectivity index (χ1) is 49.4. The maximum absolute atomic E-state index is 13.1. The third-order valence-corrected chi connectivity index (χ3v) is 21.7. The topological polar surface area (TPSA) is 237 Å². The molecule has 0 heterocycles. The second-order valence-corrected chi connectivity index (χ2v) is 33.5. The van der Waals surface area contributed by atoms with Crippen LogP contribution < -0.4 is 0 Å². The van der Waals surface area contributed by atoms with Gasteiger partial charge in [-0.1, -0.05) is 388 Å². The van der Waals surface area contributed by atoms with Crippen molar-refractivity contribution in [1.82, 2.24) is 0 Å². The summed E-state index contributed by atoms with van der Waals surface area (Å²) in [6.07, 6.45) is 65.2. The highest BCUT2D eigenvalue weighted by Crippen LogP contribution is 2.45. The Morgan fingerprint density at radius 1 is 0.284 bits per heavy atom. The standard InChI is InChI=1S/C83H162O17P2/c1-7-10-12-14-16-18-20-22-24-26-27-28-29-31-33-37-41-49-55-61-67-82(87)99-78(71-93-80(85)65-59-53-47-40-36-32-30-25-23-21-19-17-15-13-11-8-2)73-97-101(89,90)95-69-77(84)70-96-102(91,92)98-74-79(72-94-81(86)66-60-54-48-44-43-46-52-58-64-76(6)9-3)100-83(88)68-62-56-50-42-38-34-35-39-45-51-57-63-75(4)5/h75-79,84H,7-74H2,1-6H3,(H,89,90)(H,91,92)/t76?,77-,78-,79-/m1/s1. The maximum atomic E-state index is 13.1. The summed E-state index contributed by atoms with van der Waals surface area (Å²) in [4.78, 5) is 73.1. The number of hydrogen-bond acceptors (Lipinski definition) is 15. The largest absolute Gasteiger partial charge is 0.472 e. The van der Waals surface area contributed by atoms with E-state index in [0.717, 1.165) is 102 Å². The third-order valence-electron chi connectivity index (χ3n) is 19.8. The Hall–Kier alpha value is -1.94. The minimum atomic E-state index is -4.96. The molecule has 0 spiro atoms. The SMILES string of the molecule is CCCCCCCCCCCCCCCCCCCCCCC(=O)O[C@H](COC(=O)CCCCCCCCCCCCCCCCCC)COP(=O)(O)OC[C@@H](O)COP(=O)(O)OC[C@@H](COC(=O)CCCCCCCCCCC(C)CC)OC(=O)CCCCCCCCCCCCCC(C)C. The van der Waals surface area contributed by atoms with Crippen molar-refractivity contribution in [3.63, 3.8) is 0 Å². The summed E-state index contributed by atoms with van der Waals surface area (Å²) < 4.78 is 68.8. The maximum Gasteiger partial charge on any atom is 0.472 e. The van der Waals surface area contributed by atoms with Crippen LogP contribution in [0.5, 0.6) is 0 Å². The van der Waals surface area contributed by atoms with Crippen LogP contribution in [0.25, 0.3) is 0 Å². The number of rotatable bonds is 82. The van der Waals surface area contributed by atoms with Crippen molar-refractivity contribution in [2.24, 2.45) is 11.8 Å². The monoisotopic (exact) mass is 1490 g/mol. The number of unbranched alkanes of at least 4 members (excludes halogenated alkanes) is 51. The average molecular weight is 1490 g/mol. The van der Waals surface area contributed by atoms with E-state index in [1.54, 1.807) is 0 Å². The van der Waals surface area contributed by atoms with E-state index in [1.165, 1.54) is 257 Å². The Kier molecular flexibility index (Phi) is 73.1. The summed E-state index contributed by atoms with van der Waals surface area (Å²) in [5.74, 6) is -0.563. The quantitative estimate of drug-likeness (QED) is 0.0222. The highest BCUT2D eigenvalue weighted by molar-refractivity contribution is 7.47. The van der Waals surface area contributed by atoms with Crippen LogP contribution in [0.3, 0.4) is 0 Å². The van der Waals surface area contributed by atoms with Gasteiger partial charge in [0, 0.05) is 25.7 Å². The van der Waals surface area contributed by atoms with E-state index in [-0.39, 0.29) is 25.7 Å². The molecular weight excluding hydrogens is 1330 g/mol. The van der Waals surface area contributed by atoms with Crippen LogP contribution in [0.1, 0.15) is 440 Å². The van der Waals surface area contributed by atoms with Crippen LogP contribution in [0.2, 0.25) is 0 Å². The van der Waals surface area contributed by atoms with Crippen LogP contribution in [-0.2, 0) is 65.4 Å². The minimum Gasteiger partial charge on any atom is -0.462 e. The van der Waals surface area contributed by atoms with Crippen molar-refractivity contribution in [3.8, 4) is 0 Å². The van der Waals surface area contributed by atoms with Gasteiger partial charge in [-0.05, 0) is 37.5 Å². The zero-order valence-electron chi connectivity index (χ0n) is 66.9. The van der Waals surface area contributed by atoms with Crippen LogP contribution in [-0.4, -0.2) is 96.7 Å². The first kappa shape index (κ1) is 100. The summed E-state index contributed by atoms with van der Waals surface area (Å²) in [6.45, 7) is 9.65. The van der Waals surface area contributed by atoms with Gasteiger partial charge in [0.15, 0.2) is 12.2 Å². The molecule has 102 heavy (non-hydrogen) atoms. The first-order valence-electron chi connectivity index (χ1n) is 43.0. The third kappa shape index (κ3) is 74.9. The van der Waals surface area contributed by atoms with Gasteiger partial charge in [0.1, 0.15) is 19.3 Å². The lowest BCUT2D eigenvalue weighted by atomic mass is 9.99. The van der Waals surface area contributed by atoms with E-state index in [4.69, 9.17) is 37.0 Å². The summed E-state index contributed by atoms with van der Waals surface area (Å²) in [6, 6.07) is 0. The summed E-state index contributed by atoms with van der Waals surface area (Å²) in [5, 5.41) is 10.7. The summed E-state index contributed by atoms with van der Waals surface area (Å²) >= 11 is 0. The van der Waals surface area contributed by atoms with Gasteiger partial charge in [-0.2, -0.15) is 0 Å². The molecule has 17 nitrogen and oxygen atoms in total. The predicted molar refractivity (Wildman–Crippen MR) is 418 cm³/mol. The van der Waals surface area contributed by atoms with Gasteiger partial charge >= 0.3 is 39.5 Å². The molecule has 0 aliphatic heterocycles. The minimum absolute atomic E-state index is 0.106. The highest BCUT2D eigenvalue weighted by Gasteiger charge is 2.30. The fourth-order valence-electron chi connectivity index (χ4n) is 12.9. The average Bonchev–Trinajstić information content (AvgIpc) is 0.914. The van der Waals surface area contributed by atoms with E-state index >= 15 is 0 Å². The Labute approximate surface area is 626 Å². The van der Waals surface area contributed by atoms with E-state index in [1.807, 2.05) is 0 Å². The van der Waals surface area contributed by atoms with Crippen LogP contribution >= 0.6 is 15.6 Å². The molecule has 0 rings (SSSR count). The van der Waals surface area contributed by atoms with E-state index in [2.05, 4.69) is 41.5 Å². The zero-order chi connectivity index (χ0) is 74.9. The predicted octanol–water partition coefficient (Wildman–Crippen LogP) is 25.1. The number of phosphoric ester groups is 2. The van der Waals surface area contributed by atoms with Crippen LogP contribution in [0, 0.1) is 11.8 Å². The lowest BCUT2D eigenvalue weighted by Crippen LogP contribution is -2.30. The zero-order valence-corrected chi connectivity index (χ0v) is 68.7. The van der Waals surface area contributed by atoms with E-state index in [0.29, 0.717) is 25.7 Å². The molecule has 0 aromatic rings. The number of aliphatic hydroxyl groups excluding tert-OH is 1. The number of esters is 4. The van der Waals surface area contributed by atoms with E-state index < -0.39 is 97.5 Å². The van der Waals surface area contributed by atoms with Gasteiger partial charge in [0.25, 0.3) is 0 Å². The van der Waals surface area contributed by atoms with Crippen molar-refractivity contribution in [2.45, 2.75) is 458 Å². The number of ether oxygens (including phenoxy) is 4. The molecule has 19 heteroatoms. The van der Waals surface area contributed by atoms with Crippen molar-refractivity contribution < 1.29 is 80.2 Å². The van der Waals surface area contributed by atoms with Crippen molar-refractivity contribution in [2.75, 3.05) is 39.6 Å². The molecule has 3 unspecified atom stereocenters. The smallest absolute Gasteiger partial charge is 0.462 e. The van der Waals surface area contributed by atoms with Gasteiger partial charge in [0.2, 0.25) is 0 Å². The molecule has 0 aromatic heterocycles. The molecule has 0 aliphatic carbocycles. The van der Waals surface area contributed by atoms with Crippen molar-refractivity contribution in [1.29, 1.82) is 0 Å². The van der Waals surface area contributed by atoms with Gasteiger partial charge in [-0.25, -0.2) is 9.13 Å². The first-order valence-corrected chi connectivity index (χ1v) is 46.0. The molecule has 0 fully saturated rings. The second kappa shape index (κ2) is 74.5. The lowest BCUT2D eigenvalue weighted by Gasteiger charge is -2.21. The number of aliphatic hydroxyl groups is 1. The van der Waals surface area contributed by atoms with Crippen molar-refractivity contribution >= 4 is 39.5 Å². The lowest BCUT2D eigenvalue weighted by molar-refractivity contribution is -0.161. The molecule has 0 saturated carbocycles. The Morgan fingerprint density at radius 2 is 0.500 bits per heavy atom. The van der Waals surface area contributed by atoms with E-state index in [9.17, 15) is 43.2 Å². The number of carbonyl (C=O) groups is 4. The molecule has 0 bridgehead atoms. The van der Waals surface area contributed by atoms with Crippen LogP contribution in [0.15, 0.2) is 0 Å². The molecular formula is C83H162O17P2. The molecule has 606 valence electrons. The molecule has 6 atom stereocenters. The summed E-state index contributed by atoms with van der Waals surface area (Å²) in [5.41, 5.74) is 0. The van der Waals surface area contributed by atoms with Gasteiger partial charge in [-0.3, -0.25) is 37.3 Å². The molecule has 0 saturated heterocycles. The molecule has 0 radical (unpaired) electrons. The number of carbonyl (C=O) groups excluding carboxylic acids is 4. The molecule has 0 aromatic carbocycles. The van der Waals surface area contributed by atoms with Crippen molar-refractivity contribution in [3.05, 3.63) is 0 Å². The second-order valence-electron chi connectivity index (χ2n) is 30.6. The Morgan fingerprint density at radius 3 is 0.745 bits per heavy atom. The Balaban J connectivity index is 5.25. The van der Waals surface area contributed by atoms with Gasteiger partial charge in [0.05, 0.1) is 26.4 Å². The fourth-order valence-corrected chi connectivity index (χ4v) is 14.4. The molecule has 0 amide bonds. The van der Waals surface area contributed by atoms with Gasteiger partial charge < -0.3 is 33.8 Å². The van der Waals surface area contributed by atoms with Gasteiger partial charge in [-0.15, -0.1) is 0 Å². The number of hydrogen-bond donors (Lipinski definition) is 3. The fraction of sp³-hybridized carbons (Fsp3) is 0.952. The highest BCUT2D eigenvalue weighted by atomic mass is 31.2. The number of phosphoric acid groups is 2. The summed E-state index contributed by atoms with van der Waals surface area (Å²) in [7, 11) is -9.92. The normalized spacial score (nSPS) is 14.1. The molecule has 0 aliphatic rings.